The molecule has 0 bridgehead atoms. The molecule has 16 heavy (non-hydrogen) atoms. The average molecular weight is 227 g/mol. The monoisotopic (exact) mass is 227 g/mol. The summed E-state index contributed by atoms with van der Waals surface area (Å²) in [4.78, 5) is 13.3. The van der Waals surface area contributed by atoms with Gasteiger partial charge in [-0.05, 0) is 0 Å². The minimum absolute atomic E-state index is 0.00752. The fourth-order valence-corrected chi connectivity index (χ4v) is 1.11. The van der Waals surface area contributed by atoms with Crippen molar-refractivity contribution in [1.82, 2.24) is 4.90 Å². The van der Waals surface area contributed by atoms with Crippen LogP contribution in [0.5, 0.6) is 0 Å². The zero-order chi connectivity index (χ0) is 12.4. The van der Waals surface area contributed by atoms with Gasteiger partial charge in [0.05, 0.1) is 25.7 Å². The Bertz CT molecular complexity index is 206. The van der Waals surface area contributed by atoms with E-state index < -0.39 is 0 Å². The van der Waals surface area contributed by atoms with Crippen LogP contribution in [0.4, 0.5) is 0 Å². The summed E-state index contributed by atoms with van der Waals surface area (Å²) in [7, 11) is 1.70. The molecule has 0 aliphatic rings. The first-order chi connectivity index (χ1) is 7.63. The largest absolute Gasteiger partial charge is 0.377 e. The van der Waals surface area contributed by atoms with Gasteiger partial charge >= 0.3 is 0 Å². The molecule has 1 atom stereocenters. The van der Waals surface area contributed by atoms with Crippen molar-refractivity contribution in [3.63, 3.8) is 0 Å². The normalized spacial score (nSPS) is 11.9. The number of carbonyl (C=O) groups excluding carboxylic acids is 1. The fourth-order valence-electron chi connectivity index (χ4n) is 1.11. The SMILES string of the molecule is C=CCOCC(C)C(=O)N(C)COCC=C. The van der Waals surface area contributed by atoms with Crippen molar-refractivity contribution in [3.8, 4) is 0 Å². The Kier molecular flexibility index (Phi) is 8.48. The molecule has 4 nitrogen and oxygen atoms in total. The summed E-state index contributed by atoms with van der Waals surface area (Å²) in [6, 6.07) is 0. The van der Waals surface area contributed by atoms with Gasteiger partial charge in [0.15, 0.2) is 0 Å². The van der Waals surface area contributed by atoms with Gasteiger partial charge in [0, 0.05) is 7.05 Å². The summed E-state index contributed by atoms with van der Waals surface area (Å²) in [6.07, 6.45) is 3.31. The second-order valence-corrected chi connectivity index (χ2v) is 3.55. The van der Waals surface area contributed by atoms with Gasteiger partial charge in [-0.3, -0.25) is 4.79 Å². The van der Waals surface area contributed by atoms with E-state index >= 15 is 0 Å². The van der Waals surface area contributed by atoms with Crippen LogP contribution in [0.1, 0.15) is 6.92 Å². The van der Waals surface area contributed by atoms with Crippen LogP contribution in [-0.4, -0.2) is 44.4 Å². The number of amides is 1. The van der Waals surface area contributed by atoms with E-state index in [2.05, 4.69) is 13.2 Å². The lowest BCUT2D eigenvalue weighted by atomic mass is 10.2. The minimum Gasteiger partial charge on any atom is -0.377 e. The lowest BCUT2D eigenvalue weighted by molar-refractivity contribution is -0.140. The number of hydrogen-bond acceptors (Lipinski definition) is 3. The minimum atomic E-state index is -0.169. The molecule has 0 aromatic carbocycles. The maximum absolute atomic E-state index is 11.7. The van der Waals surface area contributed by atoms with Gasteiger partial charge in [-0.25, -0.2) is 0 Å². The number of hydrogen-bond donors (Lipinski definition) is 0. The van der Waals surface area contributed by atoms with E-state index in [0.29, 0.717) is 19.8 Å². The van der Waals surface area contributed by atoms with E-state index in [1.165, 1.54) is 4.90 Å². The van der Waals surface area contributed by atoms with Gasteiger partial charge in [-0.1, -0.05) is 19.1 Å². The van der Waals surface area contributed by atoms with E-state index in [-0.39, 0.29) is 18.6 Å². The number of carbonyl (C=O) groups is 1. The second kappa shape index (κ2) is 9.12. The Balaban J connectivity index is 3.81. The van der Waals surface area contributed by atoms with Gasteiger partial charge in [-0.2, -0.15) is 0 Å². The third kappa shape index (κ3) is 6.37. The first-order valence-electron chi connectivity index (χ1n) is 5.25. The Morgan fingerprint density at radius 2 is 1.88 bits per heavy atom. The third-order valence-corrected chi connectivity index (χ3v) is 1.92. The zero-order valence-corrected chi connectivity index (χ0v) is 10.1. The van der Waals surface area contributed by atoms with Gasteiger partial charge in [0.2, 0.25) is 5.91 Å². The highest BCUT2D eigenvalue weighted by atomic mass is 16.5. The summed E-state index contributed by atoms with van der Waals surface area (Å²) in [5.74, 6) is -0.162. The summed E-state index contributed by atoms with van der Waals surface area (Å²) < 4.78 is 10.4. The van der Waals surface area contributed by atoms with Gasteiger partial charge in [0.1, 0.15) is 6.73 Å². The first kappa shape index (κ1) is 14.9. The molecule has 0 spiro atoms. The van der Waals surface area contributed by atoms with Crippen molar-refractivity contribution in [2.75, 3.05) is 33.6 Å². The Morgan fingerprint density at radius 3 is 2.44 bits per heavy atom. The molecule has 0 aliphatic heterocycles. The highest BCUT2D eigenvalue weighted by molar-refractivity contribution is 5.78. The van der Waals surface area contributed by atoms with Crippen molar-refractivity contribution in [3.05, 3.63) is 25.3 Å². The summed E-state index contributed by atoms with van der Waals surface area (Å²) in [5.41, 5.74) is 0. The highest BCUT2D eigenvalue weighted by Crippen LogP contribution is 2.02. The first-order valence-corrected chi connectivity index (χ1v) is 5.25. The zero-order valence-electron chi connectivity index (χ0n) is 10.1. The van der Waals surface area contributed by atoms with Gasteiger partial charge < -0.3 is 14.4 Å². The van der Waals surface area contributed by atoms with Crippen molar-refractivity contribution in [1.29, 1.82) is 0 Å². The lowest BCUT2D eigenvalue weighted by Crippen LogP contribution is -2.35. The molecule has 4 heteroatoms. The van der Waals surface area contributed by atoms with Crippen LogP contribution in [0, 0.1) is 5.92 Å². The van der Waals surface area contributed by atoms with Crippen LogP contribution < -0.4 is 0 Å². The number of rotatable bonds is 9. The van der Waals surface area contributed by atoms with Crippen LogP contribution in [0.25, 0.3) is 0 Å². The highest BCUT2D eigenvalue weighted by Gasteiger charge is 2.17. The molecule has 0 N–H and O–H groups in total. The molecule has 0 fully saturated rings. The molecule has 0 saturated heterocycles. The van der Waals surface area contributed by atoms with E-state index in [1.807, 2.05) is 6.92 Å². The van der Waals surface area contributed by atoms with Crippen molar-refractivity contribution in [2.24, 2.45) is 5.92 Å². The molecule has 0 aromatic heterocycles. The molecule has 0 heterocycles. The quantitative estimate of drug-likeness (QED) is 0.340. The third-order valence-electron chi connectivity index (χ3n) is 1.92. The van der Waals surface area contributed by atoms with E-state index in [0.717, 1.165) is 0 Å². The van der Waals surface area contributed by atoms with Crippen molar-refractivity contribution < 1.29 is 14.3 Å². The number of nitrogens with zero attached hydrogens (tertiary/aromatic N) is 1. The molecule has 0 aromatic rings. The molecule has 0 saturated carbocycles. The predicted molar refractivity (Wildman–Crippen MR) is 64.0 cm³/mol. The topological polar surface area (TPSA) is 38.8 Å². The maximum atomic E-state index is 11.7. The van der Waals surface area contributed by atoms with E-state index in [4.69, 9.17) is 9.47 Å². The fraction of sp³-hybridized carbons (Fsp3) is 0.583. The standard InChI is InChI=1S/C12H21NO3/c1-5-7-15-9-11(3)12(14)13(4)10-16-8-6-2/h5-6,11H,1-2,7-10H2,3-4H3. The summed E-state index contributed by atoms with van der Waals surface area (Å²) >= 11 is 0. The molecule has 92 valence electrons. The Hall–Kier alpha value is -1.13. The van der Waals surface area contributed by atoms with Crippen LogP contribution in [0.15, 0.2) is 25.3 Å². The average Bonchev–Trinajstić information content (AvgIpc) is 2.28. The Labute approximate surface area is 97.5 Å². The van der Waals surface area contributed by atoms with Crippen molar-refractivity contribution in [2.45, 2.75) is 6.92 Å². The van der Waals surface area contributed by atoms with Crippen LogP contribution >= 0.6 is 0 Å². The molecular formula is C12H21NO3. The predicted octanol–water partition coefficient (Wildman–Crippen LogP) is 1.44. The molecule has 1 unspecified atom stereocenters. The smallest absolute Gasteiger partial charge is 0.229 e. The summed E-state index contributed by atoms with van der Waals surface area (Å²) in [6.45, 7) is 10.5. The molecular weight excluding hydrogens is 206 g/mol. The molecule has 0 radical (unpaired) electrons. The molecule has 0 aliphatic carbocycles. The van der Waals surface area contributed by atoms with Crippen LogP contribution in [0.2, 0.25) is 0 Å². The van der Waals surface area contributed by atoms with Crippen LogP contribution in [-0.2, 0) is 14.3 Å². The summed E-state index contributed by atoms with van der Waals surface area (Å²) in [5, 5.41) is 0. The van der Waals surface area contributed by atoms with Crippen LogP contribution in [0.3, 0.4) is 0 Å². The second-order valence-electron chi connectivity index (χ2n) is 3.55. The Morgan fingerprint density at radius 1 is 1.31 bits per heavy atom. The molecule has 1 amide bonds. The lowest BCUT2D eigenvalue weighted by Gasteiger charge is -2.20. The van der Waals surface area contributed by atoms with Crippen molar-refractivity contribution >= 4 is 5.91 Å². The van der Waals surface area contributed by atoms with E-state index in [9.17, 15) is 4.79 Å². The van der Waals surface area contributed by atoms with Gasteiger partial charge in [-0.15, -0.1) is 13.2 Å². The molecule has 0 rings (SSSR count). The maximum Gasteiger partial charge on any atom is 0.229 e. The van der Waals surface area contributed by atoms with Gasteiger partial charge in [0.25, 0.3) is 0 Å². The number of ether oxygens (including phenoxy) is 2. The van der Waals surface area contributed by atoms with E-state index in [1.54, 1.807) is 19.2 Å².